The van der Waals surface area contributed by atoms with E-state index in [2.05, 4.69) is 6.92 Å². The van der Waals surface area contributed by atoms with Gasteiger partial charge in [0.1, 0.15) is 0 Å². The molecule has 0 saturated heterocycles. The maximum absolute atomic E-state index is 10.7. The highest BCUT2D eigenvalue weighted by molar-refractivity contribution is 5.80. The summed E-state index contributed by atoms with van der Waals surface area (Å²) in [5.41, 5.74) is 0. The van der Waals surface area contributed by atoms with Crippen LogP contribution in [0.15, 0.2) is 48.4 Å². The molecule has 0 aromatic rings. The summed E-state index contributed by atoms with van der Waals surface area (Å²) >= 11 is 0. The van der Waals surface area contributed by atoms with Crippen molar-refractivity contribution in [2.75, 3.05) is 0 Å². The Morgan fingerprint density at radius 1 is 0.957 bits per heavy atom. The van der Waals surface area contributed by atoms with Gasteiger partial charge in [-0.1, -0.05) is 87.8 Å². The molecule has 0 unspecified atom stereocenters. The van der Waals surface area contributed by atoms with Crippen molar-refractivity contribution in [3.05, 3.63) is 48.4 Å². The van der Waals surface area contributed by atoms with Crippen LogP contribution in [0.2, 0.25) is 0 Å². The number of rotatable bonds is 14. The van der Waals surface area contributed by atoms with E-state index < -0.39 is 54.4 Å². The van der Waals surface area contributed by atoms with Crippen molar-refractivity contribution in [3.63, 3.8) is 0 Å². The Labute approximate surface area is 152 Å². The lowest BCUT2D eigenvalue weighted by molar-refractivity contribution is -0.131. The van der Waals surface area contributed by atoms with Crippen molar-refractivity contribution in [2.24, 2.45) is 0 Å². The minimum atomic E-state index is -1.77. The lowest BCUT2D eigenvalue weighted by Crippen LogP contribution is -2.05. The molecular weight excluding hydrogens is 288 g/mol. The van der Waals surface area contributed by atoms with E-state index in [-0.39, 0.29) is 18.9 Å². The molecule has 0 radical (unpaired) electrons. The first-order valence-corrected chi connectivity index (χ1v) is 8.06. The van der Waals surface area contributed by atoms with Gasteiger partial charge in [0, 0.05) is 6.05 Å². The quantitative estimate of drug-likeness (QED) is 0.262. The van der Waals surface area contributed by atoms with Gasteiger partial charge in [0.15, 0.2) is 0 Å². The van der Waals surface area contributed by atoms with E-state index in [1.54, 1.807) is 0 Å². The Morgan fingerprint density at radius 3 is 2.26 bits per heavy atom. The fraction of sp³-hybridized carbons (Fsp3) is 0.550. The molecule has 130 valence electrons. The fourth-order valence-electron chi connectivity index (χ4n) is 1.86. The largest absolute Gasteiger partial charge is 0.478 e. The SMILES string of the molecule is [2H]C(CC[C@@H](O)CCCCCCCC)=C([2H])C([2H])=C([2H])C([2H])=C([2H])C([2H])=C([2H])C(=O)O. The predicted molar refractivity (Wildman–Crippen MR) is 97.4 cm³/mol. The number of carbonyl (C=O) groups is 1. The molecule has 0 spiro atoms. The summed E-state index contributed by atoms with van der Waals surface area (Å²) in [4.78, 5) is 10.7. The molecule has 0 saturated carbocycles. The van der Waals surface area contributed by atoms with Crippen LogP contribution in [0.5, 0.6) is 0 Å². The first kappa shape index (κ1) is 11.0. The highest BCUT2D eigenvalue weighted by atomic mass is 16.4. The zero-order valence-corrected chi connectivity index (χ0v) is 13.7. The van der Waals surface area contributed by atoms with Crippen molar-refractivity contribution >= 4 is 5.97 Å². The molecule has 0 aromatic heterocycles. The van der Waals surface area contributed by atoms with Gasteiger partial charge in [0.05, 0.1) is 17.1 Å². The van der Waals surface area contributed by atoms with Crippen LogP contribution < -0.4 is 0 Å². The Morgan fingerprint density at radius 2 is 1.57 bits per heavy atom. The topological polar surface area (TPSA) is 57.5 Å². The van der Waals surface area contributed by atoms with E-state index in [4.69, 9.17) is 16.1 Å². The second-order valence-corrected chi connectivity index (χ2v) is 5.11. The number of aliphatic hydroxyl groups excluding tert-OH is 1. The van der Waals surface area contributed by atoms with E-state index in [1.807, 2.05) is 0 Å². The van der Waals surface area contributed by atoms with E-state index >= 15 is 0 Å². The Bertz CT molecular complexity index is 741. The average Bonchev–Trinajstić information content (AvgIpc) is 2.75. The van der Waals surface area contributed by atoms with Gasteiger partial charge in [-0.3, -0.25) is 0 Å². The smallest absolute Gasteiger partial charge is 0.328 e. The van der Waals surface area contributed by atoms with Gasteiger partial charge in [0.2, 0.25) is 0 Å². The molecule has 0 heterocycles. The van der Waals surface area contributed by atoms with Crippen LogP contribution in [0, 0.1) is 0 Å². The zero-order chi connectivity index (χ0) is 24.1. The van der Waals surface area contributed by atoms with Crippen molar-refractivity contribution in [2.45, 2.75) is 70.8 Å². The molecule has 0 aromatic carbocycles. The number of carboxylic acid groups (broad SMARTS) is 1. The number of hydrogen-bond acceptors (Lipinski definition) is 2. The molecule has 0 aliphatic heterocycles. The molecule has 3 heteroatoms. The second kappa shape index (κ2) is 16.8. The van der Waals surface area contributed by atoms with Crippen molar-refractivity contribution < 1.29 is 26.0 Å². The predicted octanol–water partition coefficient (Wildman–Crippen LogP) is 5.19. The van der Waals surface area contributed by atoms with E-state index in [0.29, 0.717) is 6.42 Å². The van der Waals surface area contributed by atoms with Gasteiger partial charge in [-0.15, -0.1) is 0 Å². The van der Waals surface area contributed by atoms with Crippen LogP contribution in [0.25, 0.3) is 0 Å². The molecule has 1 atom stereocenters. The Balaban J connectivity index is 5.12. The van der Waals surface area contributed by atoms with Crippen LogP contribution >= 0.6 is 0 Å². The van der Waals surface area contributed by atoms with E-state index in [0.717, 1.165) is 19.3 Å². The summed E-state index contributed by atoms with van der Waals surface area (Å²) in [6.45, 7) is 2.14. The highest BCUT2D eigenvalue weighted by Gasteiger charge is 2.01. The van der Waals surface area contributed by atoms with Gasteiger partial charge < -0.3 is 10.2 Å². The third-order valence-corrected chi connectivity index (χ3v) is 3.06. The normalized spacial score (nSPS) is 22.2. The highest BCUT2D eigenvalue weighted by Crippen LogP contribution is 2.11. The third-order valence-electron chi connectivity index (χ3n) is 3.06. The van der Waals surface area contributed by atoms with Gasteiger partial charge in [0.25, 0.3) is 0 Å². The van der Waals surface area contributed by atoms with Crippen molar-refractivity contribution in [1.29, 1.82) is 0 Å². The number of aliphatic hydroxyl groups is 1. The Hall–Kier alpha value is -1.61. The summed E-state index contributed by atoms with van der Waals surface area (Å²) in [6.07, 6.45) is 6.72. The number of aliphatic carboxylic acids is 1. The number of carboxylic acids is 1. The zero-order valence-electron chi connectivity index (χ0n) is 21.7. The van der Waals surface area contributed by atoms with Crippen molar-refractivity contribution in [3.8, 4) is 0 Å². The monoisotopic (exact) mass is 328 g/mol. The summed E-state index contributed by atoms with van der Waals surface area (Å²) in [7, 11) is 0. The van der Waals surface area contributed by atoms with Gasteiger partial charge in [-0.25, -0.2) is 4.79 Å². The summed E-state index contributed by atoms with van der Waals surface area (Å²) < 4.78 is 61.3. The second-order valence-electron chi connectivity index (χ2n) is 5.11. The van der Waals surface area contributed by atoms with Gasteiger partial charge in [-0.05, 0) is 19.3 Å². The van der Waals surface area contributed by atoms with Crippen LogP contribution in [0.4, 0.5) is 0 Å². The lowest BCUT2D eigenvalue weighted by atomic mass is 10.0. The van der Waals surface area contributed by atoms with Gasteiger partial charge in [-0.2, -0.15) is 0 Å². The van der Waals surface area contributed by atoms with Crippen LogP contribution in [-0.4, -0.2) is 22.3 Å². The Kier molecular flexibility index (Phi) is 8.04. The van der Waals surface area contributed by atoms with Gasteiger partial charge >= 0.3 is 5.97 Å². The first-order chi connectivity index (χ1) is 14.4. The van der Waals surface area contributed by atoms with Crippen LogP contribution in [0.3, 0.4) is 0 Å². The number of unbranched alkanes of at least 4 members (excludes halogenated alkanes) is 5. The molecule has 0 fully saturated rings. The van der Waals surface area contributed by atoms with Crippen molar-refractivity contribution in [1.82, 2.24) is 0 Å². The molecule has 0 rings (SSSR count). The van der Waals surface area contributed by atoms with Crippen LogP contribution in [0.1, 0.15) is 75.7 Å². The lowest BCUT2D eigenvalue weighted by Gasteiger charge is -2.08. The molecule has 0 amide bonds. The van der Waals surface area contributed by atoms with E-state index in [9.17, 15) is 9.90 Å². The molecule has 0 bridgehead atoms. The summed E-state index contributed by atoms with van der Waals surface area (Å²) in [5, 5.41) is 18.7. The number of hydrogen-bond donors (Lipinski definition) is 2. The molecule has 3 nitrogen and oxygen atoms in total. The standard InChI is InChI=1S/C20H32O3/c1-2-3-4-5-10-13-16-19(21)17-14-11-8-6-7-9-12-15-18-20(22)23/h6-9,11-12,15,18-19,21H,2-5,10,13-14,16-17H2,1H3,(H,22,23)/t19-/m0/s1/i6D,7D,8D,9D,11D,12D,15D,18D. The molecule has 0 aliphatic carbocycles. The first-order valence-electron chi connectivity index (χ1n) is 12.1. The third kappa shape index (κ3) is 18.3. The fourth-order valence-corrected chi connectivity index (χ4v) is 1.86. The average molecular weight is 329 g/mol. The maximum atomic E-state index is 10.7. The number of allylic oxidation sites excluding steroid dienone is 7. The van der Waals surface area contributed by atoms with E-state index in [1.165, 1.54) is 19.3 Å². The molecule has 0 aliphatic rings. The molecular formula is C20H32O3. The molecule has 23 heavy (non-hydrogen) atoms. The molecule has 2 N–H and O–H groups in total. The minimum Gasteiger partial charge on any atom is -0.478 e. The summed E-state index contributed by atoms with van der Waals surface area (Å²) in [6, 6.07) is -7.02. The summed E-state index contributed by atoms with van der Waals surface area (Å²) in [5.74, 6) is -1.77. The maximum Gasteiger partial charge on any atom is 0.328 e. The van der Waals surface area contributed by atoms with Crippen LogP contribution in [-0.2, 0) is 4.79 Å². The minimum absolute atomic E-state index is 0.00968.